The first-order chi connectivity index (χ1) is 16.3. The molecule has 0 N–H and O–H groups in total. The maximum atomic E-state index is 13.8. The number of benzene rings is 2. The van der Waals surface area contributed by atoms with Crippen LogP contribution in [0.4, 0.5) is 5.13 Å². The molecule has 5 rings (SSSR count). The van der Waals surface area contributed by atoms with Crippen molar-refractivity contribution >= 4 is 33.3 Å². The van der Waals surface area contributed by atoms with Crippen molar-refractivity contribution in [3.8, 4) is 5.75 Å². The van der Waals surface area contributed by atoms with E-state index in [2.05, 4.69) is 24.0 Å². The number of hydrogen-bond donors (Lipinski definition) is 0. The van der Waals surface area contributed by atoms with E-state index < -0.39 is 11.9 Å². The number of nitrogens with zero attached hydrogens (tertiary/aromatic N) is 3. The number of hydrogen-bond acceptors (Lipinski definition) is 7. The molecule has 34 heavy (non-hydrogen) atoms. The van der Waals surface area contributed by atoms with Crippen molar-refractivity contribution in [2.75, 3.05) is 11.5 Å². The summed E-state index contributed by atoms with van der Waals surface area (Å²) in [6.45, 7) is 8.79. The van der Waals surface area contributed by atoms with Gasteiger partial charge in [-0.2, -0.15) is 0 Å². The molecule has 0 saturated heterocycles. The van der Waals surface area contributed by atoms with Gasteiger partial charge in [0, 0.05) is 0 Å². The third kappa shape index (κ3) is 3.77. The number of aromatic nitrogens is 2. The molecular formula is C26H25N3O4S. The Labute approximate surface area is 201 Å². The van der Waals surface area contributed by atoms with Crippen molar-refractivity contribution in [2.24, 2.45) is 5.92 Å². The van der Waals surface area contributed by atoms with Gasteiger partial charge >= 0.3 is 0 Å². The number of ether oxygens (including phenoxy) is 1. The summed E-state index contributed by atoms with van der Waals surface area (Å²) >= 11 is 1.24. The lowest BCUT2D eigenvalue weighted by Crippen LogP contribution is -2.29. The number of carbonyl (C=O) groups excluding carboxylic acids is 1. The average Bonchev–Trinajstić information content (AvgIpc) is 3.42. The molecule has 0 radical (unpaired) electrons. The number of aryl methyl sites for hydroxylation is 2. The first-order valence-electron chi connectivity index (χ1n) is 11.3. The summed E-state index contributed by atoms with van der Waals surface area (Å²) < 4.78 is 12.0. The summed E-state index contributed by atoms with van der Waals surface area (Å²) in [7, 11) is 0. The summed E-state index contributed by atoms with van der Waals surface area (Å²) in [4.78, 5) is 28.8. The van der Waals surface area contributed by atoms with Crippen molar-refractivity contribution in [3.05, 3.63) is 80.1 Å². The van der Waals surface area contributed by atoms with Crippen LogP contribution in [0.3, 0.4) is 0 Å². The van der Waals surface area contributed by atoms with E-state index in [0.717, 1.165) is 23.1 Å². The van der Waals surface area contributed by atoms with Gasteiger partial charge in [0.1, 0.15) is 16.8 Å². The second kappa shape index (κ2) is 8.68. The van der Waals surface area contributed by atoms with Gasteiger partial charge in [0.05, 0.1) is 23.6 Å². The molecule has 1 amide bonds. The highest BCUT2D eigenvalue weighted by Crippen LogP contribution is 2.42. The Morgan fingerprint density at radius 2 is 1.94 bits per heavy atom. The predicted molar refractivity (Wildman–Crippen MR) is 132 cm³/mol. The van der Waals surface area contributed by atoms with Gasteiger partial charge in [-0.15, -0.1) is 10.2 Å². The van der Waals surface area contributed by atoms with E-state index in [1.54, 1.807) is 5.51 Å². The third-order valence-electron chi connectivity index (χ3n) is 6.18. The Kier molecular flexibility index (Phi) is 5.69. The van der Waals surface area contributed by atoms with Gasteiger partial charge < -0.3 is 9.15 Å². The van der Waals surface area contributed by atoms with E-state index in [-0.39, 0.29) is 11.2 Å². The zero-order valence-electron chi connectivity index (χ0n) is 19.5. The lowest BCUT2D eigenvalue weighted by atomic mass is 9.97. The first-order valence-corrected chi connectivity index (χ1v) is 12.1. The highest BCUT2D eigenvalue weighted by Gasteiger charge is 2.45. The molecule has 8 heteroatoms. The molecule has 0 aliphatic carbocycles. The predicted octanol–water partition coefficient (Wildman–Crippen LogP) is 5.44. The number of carbonyl (C=O) groups is 1. The van der Waals surface area contributed by atoms with Gasteiger partial charge in [0.25, 0.3) is 5.91 Å². The number of fused-ring (bicyclic) bond motifs is 2. The van der Waals surface area contributed by atoms with Gasteiger partial charge in [0.15, 0.2) is 5.43 Å². The van der Waals surface area contributed by atoms with Gasteiger partial charge in [-0.1, -0.05) is 37.3 Å². The standard InChI is InChI=1S/C26H25N3O4S/c1-14(2)8-9-32-18-7-5-6-17(12-18)22-21-23(30)19-10-15(3)16(4)11-20(19)33-24(21)25(31)29(22)26-28-27-13-34-26/h5-7,10-14,22H,8-9H2,1-4H3. The second-order valence-corrected chi connectivity index (χ2v) is 9.82. The van der Waals surface area contributed by atoms with Crippen LogP contribution in [-0.4, -0.2) is 22.7 Å². The molecule has 0 saturated carbocycles. The Balaban J connectivity index is 1.68. The zero-order valence-corrected chi connectivity index (χ0v) is 20.3. The Bertz CT molecular complexity index is 1440. The second-order valence-electron chi connectivity index (χ2n) is 9.01. The molecule has 3 heterocycles. The van der Waals surface area contributed by atoms with E-state index in [1.165, 1.54) is 16.2 Å². The summed E-state index contributed by atoms with van der Waals surface area (Å²) in [5.74, 6) is 0.862. The fourth-order valence-electron chi connectivity index (χ4n) is 4.20. The van der Waals surface area contributed by atoms with E-state index in [1.807, 2.05) is 50.2 Å². The fourth-order valence-corrected chi connectivity index (χ4v) is 4.78. The molecule has 1 atom stereocenters. The summed E-state index contributed by atoms with van der Waals surface area (Å²) in [5, 5.41) is 8.90. The number of anilines is 1. The molecule has 2 aromatic heterocycles. The smallest absolute Gasteiger partial charge is 0.297 e. The molecule has 174 valence electrons. The van der Waals surface area contributed by atoms with Crippen molar-refractivity contribution < 1.29 is 13.9 Å². The van der Waals surface area contributed by atoms with Crippen LogP contribution in [-0.2, 0) is 0 Å². The van der Waals surface area contributed by atoms with Crippen molar-refractivity contribution in [1.82, 2.24) is 10.2 Å². The van der Waals surface area contributed by atoms with Crippen LogP contribution in [0.2, 0.25) is 0 Å². The first kappa shape index (κ1) is 22.3. The van der Waals surface area contributed by atoms with Crippen molar-refractivity contribution in [3.63, 3.8) is 0 Å². The van der Waals surface area contributed by atoms with Crippen LogP contribution < -0.4 is 15.1 Å². The maximum absolute atomic E-state index is 13.8. The lowest BCUT2D eigenvalue weighted by Gasteiger charge is -2.22. The highest BCUT2D eigenvalue weighted by atomic mass is 32.1. The minimum atomic E-state index is -0.689. The van der Waals surface area contributed by atoms with E-state index in [0.29, 0.717) is 39.9 Å². The molecule has 0 spiro atoms. The van der Waals surface area contributed by atoms with Gasteiger partial charge in [-0.05, 0) is 67.1 Å². The SMILES string of the molecule is Cc1cc2oc3c(c(=O)c2cc1C)C(c1cccc(OCCC(C)C)c1)N(c1nncs1)C3=O. The normalized spacial score (nSPS) is 15.4. The van der Waals surface area contributed by atoms with E-state index in [9.17, 15) is 9.59 Å². The Morgan fingerprint density at radius 3 is 2.68 bits per heavy atom. The van der Waals surface area contributed by atoms with Crippen LogP contribution in [0.5, 0.6) is 5.75 Å². The summed E-state index contributed by atoms with van der Waals surface area (Å²) in [5.41, 5.74) is 4.80. The van der Waals surface area contributed by atoms with E-state index >= 15 is 0 Å². The topological polar surface area (TPSA) is 85.5 Å². The molecule has 1 aliphatic rings. The van der Waals surface area contributed by atoms with Crippen LogP contribution >= 0.6 is 11.3 Å². The minimum absolute atomic E-state index is 0.0482. The molecule has 0 bridgehead atoms. The van der Waals surface area contributed by atoms with Crippen molar-refractivity contribution in [1.29, 1.82) is 0 Å². The maximum Gasteiger partial charge on any atom is 0.297 e. The minimum Gasteiger partial charge on any atom is -0.494 e. The van der Waals surface area contributed by atoms with Gasteiger partial charge in [-0.25, -0.2) is 0 Å². The number of rotatable bonds is 6. The van der Waals surface area contributed by atoms with Crippen LogP contribution in [0.25, 0.3) is 11.0 Å². The Hall–Kier alpha value is -3.52. The highest BCUT2D eigenvalue weighted by molar-refractivity contribution is 7.13. The number of amides is 1. The van der Waals surface area contributed by atoms with Crippen LogP contribution in [0.1, 0.15) is 59.1 Å². The zero-order chi connectivity index (χ0) is 24.0. The molecule has 0 fully saturated rings. The third-order valence-corrected chi connectivity index (χ3v) is 6.87. The lowest BCUT2D eigenvalue weighted by molar-refractivity contribution is 0.0970. The molecule has 1 unspecified atom stereocenters. The molecule has 1 aliphatic heterocycles. The van der Waals surface area contributed by atoms with Crippen molar-refractivity contribution in [2.45, 2.75) is 40.2 Å². The summed E-state index contributed by atoms with van der Waals surface area (Å²) in [6.07, 6.45) is 0.931. The average molecular weight is 476 g/mol. The largest absolute Gasteiger partial charge is 0.494 e. The van der Waals surface area contributed by atoms with Gasteiger partial charge in [-0.3, -0.25) is 14.5 Å². The monoisotopic (exact) mass is 475 g/mol. The summed E-state index contributed by atoms with van der Waals surface area (Å²) in [6, 6.07) is 10.5. The molecule has 7 nitrogen and oxygen atoms in total. The fraction of sp³-hybridized carbons (Fsp3) is 0.308. The Morgan fingerprint density at radius 1 is 1.15 bits per heavy atom. The quantitative estimate of drug-likeness (QED) is 0.369. The molecule has 4 aromatic rings. The molecule has 2 aromatic carbocycles. The van der Waals surface area contributed by atoms with Crippen LogP contribution in [0.15, 0.2) is 51.1 Å². The van der Waals surface area contributed by atoms with E-state index in [4.69, 9.17) is 9.15 Å². The van der Waals surface area contributed by atoms with Gasteiger partial charge in [0.2, 0.25) is 10.9 Å². The van der Waals surface area contributed by atoms with Crippen LogP contribution in [0, 0.1) is 19.8 Å². The molecular weight excluding hydrogens is 450 g/mol.